The Morgan fingerprint density at radius 2 is 1.94 bits per heavy atom. The minimum absolute atomic E-state index is 0.0596. The van der Waals surface area contributed by atoms with Crippen LogP contribution in [0.2, 0.25) is 0 Å². The van der Waals surface area contributed by atoms with Gasteiger partial charge in [-0.25, -0.2) is 13.1 Å². The number of hydrogen-bond donors (Lipinski definition) is 2. The minimum atomic E-state index is -3.53. The van der Waals surface area contributed by atoms with Crippen molar-refractivity contribution in [3.05, 3.63) is 29.8 Å². The van der Waals surface area contributed by atoms with Gasteiger partial charge in [0.15, 0.2) is 0 Å². The molecule has 0 aromatic heterocycles. The van der Waals surface area contributed by atoms with E-state index in [1.807, 2.05) is 6.07 Å². The Kier molecular flexibility index (Phi) is 4.43. The highest BCUT2D eigenvalue weighted by Gasteiger charge is 2.12. The Morgan fingerprint density at radius 1 is 1.31 bits per heavy atom. The molecule has 0 radical (unpaired) electrons. The van der Waals surface area contributed by atoms with Crippen LogP contribution in [0.4, 0.5) is 0 Å². The summed E-state index contributed by atoms with van der Waals surface area (Å²) in [6.45, 7) is 0.134. The van der Waals surface area contributed by atoms with E-state index in [2.05, 4.69) is 4.72 Å². The zero-order chi connectivity index (χ0) is 12.0. The molecule has 0 saturated carbocycles. The fourth-order valence-electron chi connectivity index (χ4n) is 1.08. The van der Waals surface area contributed by atoms with Crippen LogP contribution in [0, 0.1) is 11.3 Å². The second-order valence-corrected chi connectivity index (χ2v) is 4.88. The molecule has 0 atom stereocenters. The summed E-state index contributed by atoms with van der Waals surface area (Å²) in [4.78, 5) is 0.115. The number of aliphatic hydroxyl groups excluding tert-OH is 1. The molecule has 2 N–H and O–H groups in total. The SMILES string of the molecule is N#Cc1ccc(S(=O)(=O)NCCCO)cc1. The maximum absolute atomic E-state index is 11.6. The number of nitrogens with one attached hydrogen (secondary N) is 1. The number of sulfonamides is 1. The molecule has 0 aliphatic rings. The molecule has 1 rings (SSSR count). The Hall–Kier alpha value is -1.42. The largest absolute Gasteiger partial charge is 0.396 e. The predicted octanol–water partition coefficient (Wildman–Crippen LogP) is 0.219. The van der Waals surface area contributed by atoms with E-state index in [4.69, 9.17) is 10.4 Å². The third kappa shape index (κ3) is 3.31. The topological polar surface area (TPSA) is 90.2 Å². The highest BCUT2D eigenvalue weighted by molar-refractivity contribution is 7.89. The normalized spacial score (nSPS) is 11.0. The zero-order valence-electron chi connectivity index (χ0n) is 8.55. The number of nitriles is 1. The monoisotopic (exact) mass is 240 g/mol. The third-order valence-electron chi connectivity index (χ3n) is 1.92. The van der Waals surface area contributed by atoms with E-state index in [0.29, 0.717) is 12.0 Å². The van der Waals surface area contributed by atoms with E-state index in [0.717, 1.165) is 0 Å². The lowest BCUT2D eigenvalue weighted by Crippen LogP contribution is -2.25. The van der Waals surface area contributed by atoms with Gasteiger partial charge in [-0.2, -0.15) is 5.26 Å². The van der Waals surface area contributed by atoms with Crippen LogP contribution in [0.3, 0.4) is 0 Å². The van der Waals surface area contributed by atoms with Gasteiger partial charge in [0.25, 0.3) is 0 Å². The Balaban J connectivity index is 2.79. The van der Waals surface area contributed by atoms with Crippen LogP contribution in [-0.2, 0) is 10.0 Å². The van der Waals surface area contributed by atoms with Gasteiger partial charge in [0.2, 0.25) is 10.0 Å². The fourth-order valence-corrected chi connectivity index (χ4v) is 2.15. The van der Waals surface area contributed by atoms with Crippen LogP contribution < -0.4 is 4.72 Å². The van der Waals surface area contributed by atoms with Gasteiger partial charge >= 0.3 is 0 Å². The van der Waals surface area contributed by atoms with E-state index in [-0.39, 0.29) is 18.0 Å². The van der Waals surface area contributed by atoms with Gasteiger partial charge in [-0.1, -0.05) is 0 Å². The van der Waals surface area contributed by atoms with Gasteiger partial charge in [0.1, 0.15) is 0 Å². The molecule has 16 heavy (non-hydrogen) atoms. The van der Waals surface area contributed by atoms with E-state index in [9.17, 15) is 8.42 Å². The molecule has 1 aromatic carbocycles. The van der Waals surface area contributed by atoms with Gasteiger partial charge in [-0.15, -0.1) is 0 Å². The first-order valence-corrected chi connectivity index (χ1v) is 6.19. The maximum atomic E-state index is 11.6. The summed E-state index contributed by atoms with van der Waals surface area (Å²) in [5, 5.41) is 17.1. The molecule has 0 amide bonds. The lowest BCUT2D eigenvalue weighted by molar-refractivity contribution is 0.289. The van der Waals surface area contributed by atoms with Crippen molar-refractivity contribution in [2.45, 2.75) is 11.3 Å². The van der Waals surface area contributed by atoms with Crippen molar-refractivity contribution in [3.8, 4) is 6.07 Å². The molecule has 0 aliphatic carbocycles. The molecule has 0 aliphatic heterocycles. The first kappa shape index (κ1) is 12.6. The number of rotatable bonds is 5. The molecule has 86 valence electrons. The summed E-state index contributed by atoms with van der Waals surface area (Å²) < 4.78 is 25.6. The Bertz CT molecular complexity index is 474. The summed E-state index contributed by atoms with van der Waals surface area (Å²) in [5.41, 5.74) is 0.411. The maximum Gasteiger partial charge on any atom is 0.240 e. The van der Waals surface area contributed by atoms with Gasteiger partial charge in [-0.05, 0) is 30.7 Å². The zero-order valence-corrected chi connectivity index (χ0v) is 9.37. The van der Waals surface area contributed by atoms with Crippen molar-refractivity contribution in [2.24, 2.45) is 0 Å². The van der Waals surface area contributed by atoms with Crippen LogP contribution in [0.1, 0.15) is 12.0 Å². The highest BCUT2D eigenvalue weighted by Crippen LogP contribution is 2.09. The standard InChI is InChI=1S/C10H12N2O3S/c11-8-9-2-4-10(5-3-9)16(14,15)12-6-1-7-13/h2-5,12-13H,1,6-7H2. The molecule has 6 heteroatoms. The summed E-state index contributed by atoms with van der Waals surface area (Å²) in [6, 6.07) is 7.55. The van der Waals surface area contributed by atoms with Gasteiger partial charge < -0.3 is 5.11 Å². The Morgan fingerprint density at radius 3 is 2.44 bits per heavy atom. The molecule has 0 bridgehead atoms. The van der Waals surface area contributed by atoms with E-state index in [1.165, 1.54) is 24.3 Å². The lowest BCUT2D eigenvalue weighted by atomic mass is 10.2. The van der Waals surface area contributed by atoms with Crippen molar-refractivity contribution in [2.75, 3.05) is 13.2 Å². The fraction of sp³-hybridized carbons (Fsp3) is 0.300. The number of aliphatic hydroxyl groups is 1. The van der Waals surface area contributed by atoms with Gasteiger partial charge in [-0.3, -0.25) is 0 Å². The molecule has 1 aromatic rings. The van der Waals surface area contributed by atoms with Gasteiger partial charge in [0.05, 0.1) is 16.5 Å². The third-order valence-corrected chi connectivity index (χ3v) is 3.40. The molecule has 5 nitrogen and oxygen atoms in total. The number of hydrogen-bond acceptors (Lipinski definition) is 4. The summed E-state index contributed by atoms with van der Waals surface area (Å²) in [7, 11) is -3.53. The smallest absolute Gasteiger partial charge is 0.240 e. The van der Waals surface area contributed by atoms with E-state index in [1.54, 1.807) is 0 Å². The van der Waals surface area contributed by atoms with Crippen molar-refractivity contribution in [3.63, 3.8) is 0 Å². The number of nitrogens with zero attached hydrogens (tertiary/aromatic N) is 1. The summed E-state index contributed by atoms with van der Waals surface area (Å²) in [6.07, 6.45) is 0.371. The van der Waals surface area contributed by atoms with Crippen molar-refractivity contribution >= 4 is 10.0 Å². The van der Waals surface area contributed by atoms with Crippen LogP contribution in [0.15, 0.2) is 29.2 Å². The van der Waals surface area contributed by atoms with Crippen molar-refractivity contribution in [1.29, 1.82) is 5.26 Å². The minimum Gasteiger partial charge on any atom is -0.396 e. The summed E-state index contributed by atoms with van der Waals surface area (Å²) >= 11 is 0. The summed E-state index contributed by atoms with van der Waals surface area (Å²) in [5.74, 6) is 0. The second-order valence-electron chi connectivity index (χ2n) is 3.11. The molecule has 0 unspecified atom stereocenters. The quantitative estimate of drug-likeness (QED) is 0.720. The average molecular weight is 240 g/mol. The Labute approximate surface area is 94.4 Å². The molecular weight excluding hydrogens is 228 g/mol. The van der Waals surface area contributed by atoms with Crippen LogP contribution in [0.5, 0.6) is 0 Å². The van der Waals surface area contributed by atoms with Crippen LogP contribution >= 0.6 is 0 Å². The first-order chi connectivity index (χ1) is 7.60. The first-order valence-electron chi connectivity index (χ1n) is 4.71. The predicted molar refractivity (Wildman–Crippen MR) is 58.0 cm³/mol. The van der Waals surface area contributed by atoms with Gasteiger partial charge in [0, 0.05) is 13.2 Å². The molecule has 0 heterocycles. The molecule has 0 spiro atoms. The highest BCUT2D eigenvalue weighted by atomic mass is 32.2. The molecular formula is C10H12N2O3S. The second kappa shape index (κ2) is 5.61. The van der Waals surface area contributed by atoms with E-state index >= 15 is 0 Å². The molecule has 0 fully saturated rings. The average Bonchev–Trinajstić information content (AvgIpc) is 2.29. The van der Waals surface area contributed by atoms with Crippen LogP contribution in [-0.4, -0.2) is 26.7 Å². The van der Waals surface area contributed by atoms with Crippen molar-refractivity contribution in [1.82, 2.24) is 4.72 Å². The van der Waals surface area contributed by atoms with E-state index < -0.39 is 10.0 Å². The van der Waals surface area contributed by atoms with Crippen LogP contribution in [0.25, 0.3) is 0 Å². The van der Waals surface area contributed by atoms with Crippen molar-refractivity contribution < 1.29 is 13.5 Å². The molecule has 0 saturated heterocycles. The lowest BCUT2D eigenvalue weighted by Gasteiger charge is -2.05. The number of benzene rings is 1.